The minimum atomic E-state index is -0.614. The third-order valence-electron chi connectivity index (χ3n) is 5.12. The highest BCUT2D eigenvalue weighted by molar-refractivity contribution is 6.09. The van der Waals surface area contributed by atoms with Crippen LogP contribution in [0.3, 0.4) is 0 Å². The Labute approximate surface area is 186 Å². The van der Waals surface area contributed by atoms with E-state index >= 15 is 0 Å². The van der Waals surface area contributed by atoms with Gasteiger partial charge in [0.2, 0.25) is 5.91 Å². The maximum absolute atomic E-state index is 12.7. The molecule has 0 atom stereocenters. The molecule has 0 aliphatic heterocycles. The molecule has 3 rings (SSSR count). The summed E-state index contributed by atoms with van der Waals surface area (Å²) >= 11 is 0. The summed E-state index contributed by atoms with van der Waals surface area (Å²) in [6.07, 6.45) is 1.46. The summed E-state index contributed by atoms with van der Waals surface area (Å²) in [5.74, 6) is -1.36. The van der Waals surface area contributed by atoms with Gasteiger partial charge in [-0.05, 0) is 53.1 Å². The fourth-order valence-electron chi connectivity index (χ4n) is 3.25. The van der Waals surface area contributed by atoms with Crippen molar-refractivity contribution < 1.29 is 19.1 Å². The van der Waals surface area contributed by atoms with Crippen molar-refractivity contribution in [3.63, 3.8) is 0 Å². The zero-order chi connectivity index (χ0) is 23.3. The zero-order valence-electron chi connectivity index (χ0n) is 18.4. The van der Waals surface area contributed by atoms with Crippen molar-refractivity contribution in [2.24, 2.45) is 0 Å². The van der Waals surface area contributed by atoms with E-state index in [2.05, 4.69) is 10.7 Å². The Morgan fingerprint density at radius 1 is 0.938 bits per heavy atom. The van der Waals surface area contributed by atoms with Gasteiger partial charge in [0.25, 0.3) is 5.91 Å². The third kappa shape index (κ3) is 5.01. The van der Waals surface area contributed by atoms with Crippen LogP contribution in [0.4, 0.5) is 5.69 Å². The Balaban J connectivity index is 1.90. The van der Waals surface area contributed by atoms with Crippen molar-refractivity contribution >= 4 is 39.8 Å². The van der Waals surface area contributed by atoms with Gasteiger partial charge in [0.1, 0.15) is 0 Å². The maximum atomic E-state index is 12.7. The molecule has 0 radical (unpaired) electrons. The first-order valence-electron chi connectivity index (χ1n) is 10.00. The molecule has 2 amide bonds. The van der Waals surface area contributed by atoms with Gasteiger partial charge >= 0.3 is 5.97 Å². The highest BCUT2D eigenvalue weighted by atomic mass is 16.5. The van der Waals surface area contributed by atoms with Crippen molar-refractivity contribution in [2.45, 2.75) is 6.92 Å². The first-order chi connectivity index (χ1) is 15.3. The SMILES string of the molecule is CNN(C)C(=O)c1ccc(C(=O)OC)c(NC(=O)C=C(C)c2ccc3ccccc3c2)c1. The van der Waals surface area contributed by atoms with Crippen LogP contribution >= 0.6 is 0 Å². The molecule has 3 aromatic carbocycles. The molecule has 0 saturated heterocycles. The number of fused-ring (bicyclic) bond motifs is 1. The number of ether oxygens (including phenoxy) is 1. The second kappa shape index (κ2) is 9.89. The number of nitrogens with zero attached hydrogens (tertiary/aromatic N) is 1. The number of rotatable bonds is 6. The minimum absolute atomic E-state index is 0.154. The largest absolute Gasteiger partial charge is 0.465 e. The summed E-state index contributed by atoms with van der Waals surface area (Å²) in [6.45, 7) is 1.84. The van der Waals surface area contributed by atoms with E-state index in [-0.39, 0.29) is 17.2 Å². The molecule has 7 nitrogen and oxygen atoms in total. The second-order valence-corrected chi connectivity index (χ2v) is 7.22. The van der Waals surface area contributed by atoms with E-state index in [0.29, 0.717) is 5.56 Å². The molecule has 0 aromatic heterocycles. The number of carbonyl (C=O) groups excluding carboxylic acids is 3. The molecule has 164 valence electrons. The summed E-state index contributed by atoms with van der Waals surface area (Å²) in [5.41, 5.74) is 5.05. The lowest BCUT2D eigenvalue weighted by Crippen LogP contribution is -2.36. The fourth-order valence-corrected chi connectivity index (χ4v) is 3.25. The average molecular weight is 431 g/mol. The Morgan fingerprint density at radius 2 is 1.62 bits per heavy atom. The van der Waals surface area contributed by atoms with E-state index < -0.39 is 11.9 Å². The number of hydrogen-bond donors (Lipinski definition) is 2. The topological polar surface area (TPSA) is 87.7 Å². The maximum Gasteiger partial charge on any atom is 0.339 e. The first-order valence-corrected chi connectivity index (χ1v) is 10.00. The number of methoxy groups -OCH3 is 1. The van der Waals surface area contributed by atoms with Crippen LogP contribution in [0.2, 0.25) is 0 Å². The Bertz CT molecular complexity index is 1220. The van der Waals surface area contributed by atoms with Gasteiger partial charge in [0.05, 0.1) is 18.4 Å². The number of esters is 1. The molecule has 0 heterocycles. The van der Waals surface area contributed by atoms with Gasteiger partial charge in [0, 0.05) is 25.7 Å². The van der Waals surface area contributed by atoms with Gasteiger partial charge in [-0.25, -0.2) is 10.2 Å². The summed E-state index contributed by atoms with van der Waals surface area (Å²) in [6, 6.07) is 18.4. The summed E-state index contributed by atoms with van der Waals surface area (Å²) < 4.78 is 4.81. The molecule has 2 N–H and O–H groups in total. The van der Waals surface area contributed by atoms with Gasteiger partial charge in [-0.1, -0.05) is 36.4 Å². The number of anilines is 1. The second-order valence-electron chi connectivity index (χ2n) is 7.22. The lowest BCUT2D eigenvalue weighted by molar-refractivity contribution is -0.111. The van der Waals surface area contributed by atoms with E-state index in [4.69, 9.17) is 4.74 Å². The lowest BCUT2D eigenvalue weighted by atomic mass is 10.0. The van der Waals surface area contributed by atoms with Crippen LogP contribution < -0.4 is 10.7 Å². The van der Waals surface area contributed by atoms with Crippen LogP contribution in [-0.4, -0.2) is 44.0 Å². The number of hydrogen-bond acceptors (Lipinski definition) is 5. The number of benzene rings is 3. The van der Waals surface area contributed by atoms with Crippen molar-refractivity contribution in [1.82, 2.24) is 10.4 Å². The Hall–Kier alpha value is -3.97. The normalized spacial score (nSPS) is 11.2. The molecule has 7 heteroatoms. The van der Waals surface area contributed by atoms with Gasteiger partial charge in [0.15, 0.2) is 0 Å². The van der Waals surface area contributed by atoms with E-state index in [1.807, 2.05) is 49.4 Å². The number of amides is 2. The van der Waals surface area contributed by atoms with Crippen molar-refractivity contribution in [3.8, 4) is 0 Å². The van der Waals surface area contributed by atoms with E-state index in [1.54, 1.807) is 14.1 Å². The summed E-state index contributed by atoms with van der Waals surface area (Å²) in [5, 5.41) is 6.19. The van der Waals surface area contributed by atoms with Crippen LogP contribution in [0.5, 0.6) is 0 Å². The highest BCUT2D eigenvalue weighted by Crippen LogP contribution is 2.23. The molecule has 3 aromatic rings. The lowest BCUT2D eigenvalue weighted by Gasteiger charge is -2.17. The van der Waals surface area contributed by atoms with Gasteiger partial charge < -0.3 is 10.1 Å². The van der Waals surface area contributed by atoms with Crippen LogP contribution in [0.15, 0.2) is 66.7 Å². The summed E-state index contributed by atoms with van der Waals surface area (Å²) in [4.78, 5) is 37.4. The molecule has 0 bridgehead atoms. The molecule has 0 unspecified atom stereocenters. The van der Waals surface area contributed by atoms with Crippen molar-refractivity contribution in [1.29, 1.82) is 0 Å². The third-order valence-corrected chi connectivity index (χ3v) is 5.12. The molecule has 32 heavy (non-hydrogen) atoms. The van der Waals surface area contributed by atoms with E-state index in [0.717, 1.165) is 21.9 Å². The molecular formula is C25H25N3O4. The van der Waals surface area contributed by atoms with Crippen LogP contribution in [0.25, 0.3) is 16.3 Å². The summed E-state index contributed by atoms with van der Waals surface area (Å²) in [7, 11) is 4.44. The van der Waals surface area contributed by atoms with Crippen LogP contribution in [0, 0.1) is 0 Å². The monoisotopic (exact) mass is 431 g/mol. The molecule has 0 spiro atoms. The Kier molecular flexibility index (Phi) is 7.02. The fraction of sp³-hybridized carbons (Fsp3) is 0.160. The molecule has 0 saturated carbocycles. The van der Waals surface area contributed by atoms with Gasteiger partial charge in [-0.2, -0.15) is 0 Å². The average Bonchev–Trinajstić information content (AvgIpc) is 2.82. The standard InChI is InChI=1S/C25H25N3O4/c1-16(18-10-9-17-7-5-6-8-19(17)14-18)13-23(29)27-22-15-20(24(30)28(3)26-2)11-12-21(22)25(31)32-4/h5-15,26H,1-4H3,(H,27,29). The van der Waals surface area contributed by atoms with E-state index in [9.17, 15) is 14.4 Å². The van der Waals surface area contributed by atoms with E-state index in [1.165, 1.54) is 36.4 Å². The number of carbonyl (C=O) groups is 3. The smallest absolute Gasteiger partial charge is 0.339 e. The Morgan fingerprint density at radius 3 is 2.31 bits per heavy atom. The van der Waals surface area contributed by atoms with Gasteiger partial charge in [-0.3, -0.25) is 14.6 Å². The predicted molar refractivity (Wildman–Crippen MR) is 125 cm³/mol. The highest BCUT2D eigenvalue weighted by Gasteiger charge is 2.18. The minimum Gasteiger partial charge on any atom is -0.465 e. The first kappa shape index (κ1) is 22.7. The number of allylic oxidation sites excluding steroid dienone is 1. The number of hydrazine groups is 1. The molecular weight excluding hydrogens is 406 g/mol. The predicted octanol–water partition coefficient (Wildman–Crippen LogP) is 3.87. The molecule has 0 aliphatic carbocycles. The number of nitrogens with one attached hydrogen (secondary N) is 2. The molecule has 0 aliphatic rings. The van der Waals surface area contributed by atoms with Gasteiger partial charge in [-0.15, -0.1) is 0 Å². The molecule has 0 fully saturated rings. The van der Waals surface area contributed by atoms with Crippen molar-refractivity contribution in [2.75, 3.05) is 26.5 Å². The zero-order valence-corrected chi connectivity index (χ0v) is 18.4. The van der Waals surface area contributed by atoms with Crippen molar-refractivity contribution in [3.05, 3.63) is 83.4 Å². The van der Waals surface area contributed by atoms with Crippen LogP contribution in [0.1, 0.15) is 33.2 Å². The quantitative estimate of drug-likeness (QED) is 0.351. The van der Waals surface area contributed by atoms with Crippen LogP contribution in [-0.2, 0) is 9.53 Å².